The predicted octanol–water partition coefficient (Wildman–Crippen LogP) is 6.68. The van der Waals surface area contributed by atoms with Gasteiger partial charge < -0.3 is 0 Å². The first kappa shape index (κ1) is 18.9. The van der Waals surface area contributed by atoms with Gasteiger partial charge in [-0.15, -0.1) is 0 Å². The SMILES string of the molecule is CCCCc1ccc(C#Cc2ccc(-c3ccc(C)cc3)c(F)c2F)cc1. The van der Waals surface area contributed by atoms with Crippen LogP contribution < -0.4 is 0 Å². The molecule has 3 aromatic rings. The molecule has 0 spiro atoms. The fourth-order valence-corrected chi connectivity index (χ4v) is 2.88. The molecule has 0 radical (unpaired) electrons. The second-order valence-corrected chi connectivity index (χ2v) is 6.71. The van der Waals surface area contributed by atoms with Gasteiger partial charge >= 0.3 is 0 Å². The number of aryl methyl sites for hydroxylation is 2. The van der Waals surface area contributed by atoms with Crippen molar-refractivity contribution in [3.63, 3.8) is 0 Å². The van der Waals surface area contributed by atoms with Crippen molar-refractivity contribution in [3.05, 3.63) is 94.6 Å². The van der Waals surface area contributed by atoms with Crippen molar-refractivity contribution < 1.29 is 8.78 Å². The summed E-state index contributed by atoms with van der Waals surface area (Å²) in [4.78, 5) is 0. The van der Waals surface area contributed by atoms with Crippen LogP contribution in [-0.4, -0.2) is 0 Å². The number of hydrogen-bond acceptors (Lipinski definition) is 0. The molecule has 0 aliphatic carbocycles. The maximum atomic E-state index is 14.5. The van der Waals surface area contributed by atoms with Crippen molar-refractivity contribution in [2.24, 2.45) is 0 Å². The minimum absolute atomic E-state index is 0.0680. The summed E-state index contributed by atoms with van der Waals surface area (Å²) in [5.41, 5.74) is 4.10. The van der Waals surface area contributed by atoms with Gasteiger partial charge in [-0.2, -0.15) is 0 Å². The Morgan fingerprint density at radius 1 is 0.778 bits per heavy atom. The summed E-state index contributed by atoms with van der Waals surface area (Å²) in [7, 11) is 0. The van der Waals surface area contributed by atoms with Crippen LogP contribution in [0.2, 0.25) is 0 Å². The zero-order chi connectivity index (χ0) is 19.2. The van der Waals surface area contributed by atoms with Crippen LogP contribution in [0.25, 0.3) is 11.1 Å². The Morgan fingerprint density at radius 3 is 2.15 bits per heavy atom. The number of hydrogen-bond donors (Lipinski definition) is 0. The van der Waals surface area contributed by atoms with E-state index < -0.39 is 11.6 Å². The van der Waals surface area contributed by atoms with E-state index in [0.29, 0.717) is 5.56 Å². The predicted molar refractivity (Wildman–Crippen MR) is 108 cm³/mol. The van der Waals surface area contributed by atoms with E-state index in [9.17, 15) is 8.78 Å². The summed E-state index contributed by atoms with van der Waals surface area (Å²) in [5.74, 6) is 3.91. The Morgan fingerprint density at radius 2 is 1.48 bits per heavy atom. The third-order valence-electron chi connectivity index (χ3n) is 4.56. The molecule has 0 unspecified atom stereocenters. The summed E-state index contributed by atoms with van der Waals surface area (Å²) in [6.07, 6.45) is 3.36. The molecular weight excluding hydrogens is 338 g/mol. The molecule has 27 heavy (non-hydrogen) atoms. The summed E-state index contributed by atoms with van der Waals surface area (Å²) < 4.78 is 29.0. The molecule has 0 fully saturated rings. The van der Waals surface area contributed by atoms with Crippen molar-refractivity contribution in [2.45, 2.75) is 33.1 Å². The van der Waals surface area contributed by atoms with E-state index in [1.807, 2.05) is 43.3 Å². The van der Waals surface area contributed by atoms with E-state index in [1.54, 1.807) is 18.2 Å². The smallest absolute Gasteiger partial charge is 0.175 e. The van der Waals surface area contributed by atoms with E-state index in [0.717, 1.165) is 30.4 Å². The molecule has 0 aromatic heterocycles. The quantitative estimate of drug-likeness (QED) is 0.455. The second-order valence-electron chi connectivity index (χ2n) is 6.71. The Kier molecular flexibility index (Phi) is 6.04. The Labute approximate surface area is 159 Å². The molecular formula is C25H22F2. The highest BCUT2D eigenvalue weighted by atomic mass is 19.2. The largest absolute Gasteiger partial charge is 0.203 e. The van der Waals surface area contributed by atoms with Crippen LogP contribution in [0, 0.1) is 30.4 Å². The molecule has 0 N–H and O–H groups in total. The second kappa shape index (κ2) is 8.64. The Hall–Kier alpha value is -2.92. The van der Waals surface area contributed by atoms with Crippen molar-refractivity contribution in [1.82, 2.24) is 0 Å². The fraction of sp³-hybridized carbons (Fsp3) is 0.200. The van der Waals surface area contributed by atoms with Crippen LogP contribution in [0.15, 0.2) is 60.7 Å². The Balaban J connectivity index is 1.83. The van der Waals surface area contributed by atoms with E-state index in [1.165, 1.54) is 11.6 Å². The highest BCUT2D eigenvalue weighted by molar-refractivity contribution is 5.66. The maximum absolute atomic E-state index is 14.5. The van der Waals surface area contributed by atoms with Gasteiger partial charge in [0.1, 0.15) is 0 Å². The summed E-state index contributed by atoms with van der Waals surface area (Å²) in [5, 5.41) is 0. The average Bonchev–Trinajstić information content (AvgIpc) is 2.69. The van der Waals surface area contributed by atoms with Crippen LogP contribution in [0.4, 0.5) is 8.78 Å². The first-order valence-electron chi connectivity index (χ1n) is 9.24. The minimum Gasteiger partial charge on any atom is -0.203 e. The van der Waals surface area contributed by atoms with Crippen LogP contribution in [0.3, 0.4) is 0 Å². The molecule has 0 atom stereocenters. The lowest BCUT2D eigenvalue weighted by Gasteiger charge is -2.06. The van der Waals surface area contributed by atoms with Crippen LogP contribution >= 0.6 is 0 Å². The summed E-state index contributed by atoms with van der Waals surface area (Å²) >= 11 is 0. The zero-order valence-corrected chi connectivity index (χ0v) is 15.7. The van der Waals surface area contributed by atoms with Crippen molar-refractivity contribution in [3.8, 4) is 23.0 Å². The van der Waals surface area contributed by atoms with Gasteiger partial charge in [-0.05, 0) is 55.2 Å². The number of benzene rings is 3. The molecule has 0 saturated carbocycles. The number of halogens is 2. The molecule has 2 heteroatoms. The van der Waals surface area contributed by atoms with E-state index >= 15 is 0 Å². The average molecular weight is 360 g/mol. The molecule has 3 rings (SSSR count). The lowest BCUT2D eigenvalue weighted by molar-refractivity contribution is 0.509. The fourth-order valence-electron chi connectivity index (χ4n) is 2.88. The monoisotopic (exact) mass is 360 g/mol. The lowest BCUT2D eigenvalue weighted by Crippen LogP contribution is -1.94. The van der Waals surface area contributed by atoms with Crippen molar-refractivity contribution in [1.29, 1.82) is 0 Å². The summed E-state index contributed by atoms with van der Waals surface area (Å²) in [6.45, 7) is 4.12. The van der Waals surface area contributed by atoms with E-state index in [4.69, 9.17) is 0 Å². The molecule has 0 saturated heterocycles. The standard InChI is InChI=1S/C25H22F2/c1-3-4-5-19-8-10-20(11-9-19)12-15-22-16-17-23(25(27)24(22)26)21-13-6-18(2)7-14-21/h6-11,13-14,16-17H,3-5H2,1-2H3. The third-order valence-corrected chi connectivity index (χ3v) is 4.56. The first-order valence-corrected chi connectivity index (χ1v) is 9.24. The maximum Gasteiger partial charge on any atom is 0.175 e. The number of rotatable bonds is 4. The third kappa shape index (κ3) is 4.63. The van der Waals surface area contributed by atoms with Crippen LogP contribution in [0.1, 0.15) is 42.0 Å². The van der Waals surface area contributed by atoms with Gasteiger partial charge in [0.15, 0.2) is 11.6 Å². The van der Waals surface area contributed by atoms with Gasteiger partial charge in [0.05, 0.1) is 5.56 Å². The zero-order valence-electron chi connectivity index (χ0n) is 15.7. The summed E-state index contributed by atoms with van der Waals surface area (Å²) in [6, 6.07) is 18.4. The van der Waals surface area contributed by atoms with Gasteiger partial charge in [0.25, 0.3) is 0 Å². The highest BCUT2D eigenvalue weighted by Gasteiger charge is 2.13. The first-order chi connectivity index (χ1) is 13.1. The highest BCUT2D eigenvalue weighted by Crippen LogP contribution is 2.26. The molecule has 0 heterocycles. The molecule has 0 bridgehead atoms. The van der Waals surface area contributed by atoms with Crippen molar-refractivity contribution >= 4 is 0 Å². The molecule has 0 amide bonds. The molecule has 136 valence electrons. The number of unbranched alkanes of at least 4 members (excludes halogenated alkanes) is 1. The van der Waals surface area contributed by atoms with Gasteiger partial charge in [-0.25, -0.2) is 8.78 Å². The van der Waals surface area contributed by atoms with Crippen molar-refractivity contribution in [2.75, 3.05) is 0 Å². The molecule has 0 aliphatic rings. The lowest BCUT2D eigenvalue weighted by atomic mass is 10.0. The normalized spacial score (nSPS) is 10.4. The molecule has 0 aliphatic heterocycles. The van der Waals surface area contributed by atoms with Gasteiger partial charge in [-0.1, -0.05) is 67.1 Å². The van der Waals surface area contributed by atoms with Gasteiger partial charge in [-0.3, -0.25) is 0 Å². The minimum atomic E-state index is -0.903. The van der Waals surface area contributed by atoms with Gasteiger partial charge in [0, 0.05) is 11.1 Å². The topological polar surface area (TPSA) is 0 Å². The van der Waals surface area contributed by atoms with E-state index in [2.05, 4.69) is 18.8 Å². The van der Waals surface area contributed by atoms with Crippen LogP contribution in [-0.2, 0) is 6.42 Å². The van der Waals surface area contributed by atoms with Gasteiger partial charge in [0.2, 0.25) is 0 Å². The Bertz CT molecular complexity index is 972. The molecule has 0 nitrogen and oxygen atoms in total. The molecule has 3 aromatic carbocycles. The van der Waals surface area contributed by atoms with E-state index in [-0.39, 0.29) is 11.1 Å². The van der Waals surface area contributed by atoms with Crippen LogP contribution in [0.5, 0.6) is 0 Å².